The monoisotopic (exact) mass is 374 g/mol. The van der Waals surface area contributed by atoms with Crippen LogP contribution in [0.2, 0.25) is 0 Å². The number of nitrogens with two attached hydrogens (primary N) is 1. The molecule has 0 aromatic heterocycles. The number of hydrogen-bond donors (Lipinski definition) is 3. The highest BCUT2D eigenvalue weighted by Gasteiger charge is 2.20. The number of nitrogen functional groups attached to an aromatic ring is 1. The van der Waals surface area contributed by atoms with Crippen molar-refractivity contribution in [2.75, 3.05) is 10.5 Å². The Labute approximate surface area is 129 Å². The first-order chi connectivity index (χ1) is 9.83. The second-order valence-electron chi connectivity index (χ2n) is 4.26. The van der Waals surface area contributed by atoms with Crippen molar-refractivity contribution in [3.05, 3.63) is 52.3 Å². The number of anilines is 2. The standard InChI is InChI=1S/C13H12BrFN2O3S/c14-10-5-11(15)12(16)6-13(10)21(19,20)17-9-3-1-8(7-18)2-4-9/h1-6,17-18H,7,16H2. The van der Waals surface area contributed by atoms with Crippen LogP contribution in [0.5, 0.6) is 0 Å². The predicted molar refractivity (Wildman–Crippen MR) is 81.7 cm³/mol. The number of nitrogens with one attached hydrogen (secondary N) is 1. The van der Waals surface area contributed by atoms with Gasteiger partial charge in [-0.1, -0.05) is 12.1 Å². The Hall–Kier alpha value is -1.64. The zero-order chi connectivity index (χ0) is 15.6. The highest BCUT2D eigenvalue weighted by molar-refractivity contribution is 9.10. The molecule has 0 radical (unpaired) electrons. The van der Waals surface area contributed by atoms with E-state index in [1.807, 2.05) is 0 Å². The molecule has 0 aliphatic heterocycles. The first kappa shape index (κ1) is 15.7. The summed E-state index contributed by atoms with van der Waals surface area (Å²) in [6, 6.07) is 8.26. The lowest BCUT2D eigenvalue weighted by molar-refractivity contribution is 0.282. The van der Waals surface area contributed by atoms with Crippen LogP contribution < -0.4 is 10.5 Å². The molecule has 112 valence electrons. The van der Waals surface area contributed by atoms with Crippen molar-refractivity contribution in [1.29, 1.82) is 0 Å². The maximum atomic E-state index is 13.3. The minimum atomic E-state index is -3.91. The minimum Gasteiger partial charge on any atom is -0.396 e. The third-order valence-corrected chi connectivity index (χ3v) is 5.07. The van der Waals surface area contributed by atoms with Crippen LogP contribution in [0.3, 0.4) is 0 Å². The maximum absolute atomic E-state index is 13.3. The van der Waals surface area contributed by atoms with Gasteiger partial charge in [-0.05, 0) is 45.8 Å². The summed E-state index contributed by atoms with van der Waals surface area (Å²) in [6.07, 6.45) is 0. The van der Waals surface area contributed by atoms with E-state index < -0.39 is 15.8 Å². The summed E-state index contributed by atoms with van der Waals surface area (Å²) in [7, 11) is -3.91. The zero-order valence-corrected chi connectivity index (χ0v) is 13.1. The van der Waals surface area contributed by atoms with Crippen LogP contribution in [0.4, 0.5) is 15.8 Å². The molecule has 0 bridgehead atoms. The van der Waals surface area contributed by atoms with Crippen LogP contribution in [0.25, 0.3) is 0 Å². The fourth-order valence-corrected chi connectivity index (χ4v) is 3.75. The molecule has 0 aliphatic carbocycles. The van der Waals surface area contributed by atoms with Crippen molar-refractivity contribution in [3.8, 4) is 0 Å². The molecule has 0 atom stereocenters. The van der Waals surface area contributed by atoms with Crippen LogP contribution in [0.1, 0.15) is 5.56 Å². The SMILES string of the molecule is Nc1cc(S(=O)(=O)Nc2ccc(CO)cc2)c(Br)cc1F. The van der Waals surface area contributed by atoms with E-state index in [-0.39, 0.29) is 21.7 Å². The molecule has 8 heteroatoms. The molecular weight excluding hydrogens is 363 g/mol. The molecule has 0 fully saturated rings. The molecule has 0 spiro atoms. The van der Waals surface area contributed by atoms with Crippen LogP contribution in [0.15, 0.2) is 45.8 Å². The summed E-state index contributed by atoms with van der Waals surface area (Å²) < 4.78 is 40.2. The van der Waals surface area contributed by atoms with E-state index in [0.29, 0.717) is 11.3 Å². The highest BCUT2D eigenvalue weighted by atomic mass is 79.9. The van der Waals surface area contributed by atoms with Crippen LogP contribution in [0, 0.1) is 5.82 Å². The van der Waals surface area contributed by atoms with Gasteiger partial charge in [-0.25, -0.2) is 12.8 Å². The summed E-state index contributed by atoms with van der Waals surface area (Å²) in [5.41, 5.74) is 6.13. The van der Waals surface area contributed by atoms with Gasteiger partial charge in [-0.2, -0.15) is 0 Å². The molecule has 0 heterocycles. The van der Waals surface area contributed by atoms with Gasteiger partial charge in [0.25, 0.3) is 10.0 Å². The molecule has 0 saturated heterocycles. The Balaban J connectivity index is 2.35. The molecule has 2 aromatic carbocycles. The summed E-state index contributed by atoms with van der Waals surface area (Å²) in [5, 5.41) is 8.94. The summed E-state index contributed by atoms with van der Waals surface area (Å²) in [4.78, 5) is -0.160. The third kappa shape index (κ3) is 3.52. The number of aliphatic hydroxyl groups excluding tert-OH is 1. The summed E-state index contributed by atoms with van der Waals surface area (Å²) in [5.74, 6) is -0.701. The van der Waals surface area contributed by atoms with E-state index in [4.69, 9.17) is 10.8 Å². The minimum absolute atomic E-state index is 0.0775. The quantitative estimate of drug-likeness (QED) is 0.716. The van der Waals surface area contributed by atoms with Gasteiger partial charge in [0.15, 0.2) is 0 Å². The maximum Gasteiger partial charge on any atom is 0.263 e. The number of rotatable bonds is 4. The fourth-order valence-electron chi connectivity index (χ4n) is 1.64. The van der Waals surface area contributed by atoms with E-state index in [1.54, 1.807) is 12.1 Å². The van der Waals surface area contributed by atoms with Gasteiger partial charge in [0.2, 0.25) is 0 Å². The Morgan fingerprint density at radius 3 is 2.43 bits per heavy atom. The number of hydrogen-bond acceptors (Lipinski definition) is 4. The van der Waals surface area contributed by atoms with Crippen molar-refractivity contribution >= 4 is 37.3 Å². The van der Waals surface area contributed by atoms with E-state index in [1.165, 1.54) is 12.1 Å². The Kier molecular flexibility index (Phi) is 4.50. The van der Waals surface area contributed by atoms with Crippen LogP contribution >= 0.6 is 15.9 Å². The number of sulfonamides is 1. The van der Waals surface area contributed by atoms with E-state index in [9.17, 15) is 12.8 Å². The average molecular weight is 375 g/mol. The third-order valence-electron chi connectivity index (χ3n) is 2.73. The second kappa shape index (κ2) is 6.00. The fraction of sp³-hybridized carbons (Fsp3) is 0.0769. The lowest BCUT2D eigenvalue weighted by Gasteiger charge is -2.11. The number of benzene rings is 2. The normalized spacial score (nSPS) is 11.4. The van der Waals surface area contributed by atoms with E-state index >= 15 is 0 Å². The molecule has 0 amide bonds. The van der Waals surface area contributed by atoms with Gasteiger partial charge >= 0.3 is 0 Å². The molecule has 0 saturated carbocycles. The van der Waals surface area contributed by atoms with Crippen molar-refractivity contribution in [3.63, 3.8) is 0 Å². The predicted octanol–water partition coefficient (Wildman–Crippen LogP) is 2.46. The van der Waals surface area contributed by atoms with Crippen LogP contribution in [-0.2, 0) is 16.6 Å². The Morgan fingerprint density at radius 2 is 1.86 bits per heavy atom. The van der Waals surface area contributed by atoms with Gasteiger partial charge < -0.3 is 10.8 Å². The molecule has 2 rings (SSSR count). The lowest BCUT2D eigenvalue weighted by atomic mass is 10.2. The summed E-state index contributed by atoms with van der Waals surface area (Å²) >= 11 is 3.01. The molecular formula is C13H12BrFN2O3S. The lowest BCUT2D eigenvalue weighted by Crippen LogP contribution is -2.14. The van der Waals surface area contributed by atoms with Gasteiger partial charge in [0, 0.05) is 10.2 Å². The average Bonchev–Trinajstić information content (AvgIpc) is 2.43. The van der Waals surface area contributed by atoms with Crippen molar-refractivity contribution < 1.29 is 17.9 Å². The molecule has 2 aromatic rings. The molecule has 0 aliphatic rings. The second-order valence-corrected chi connectivity index (χ2v) is 6.77. The molecule has 4 N–H and O–H groups in total. The Bertz CT molecular complexity index is 764. The van der Waals surface area contributed by atoms with Crippen LogP contribution in [-0.4, -0.2) is 13.5 Å². The smallest absolute Gasteiger partial charge is 0.263 e. The number of aliphatic hydroxyl groups is 1. The Morgan fingerprint density at radius 1 is 1.24 bits per heavy atom. The first-order valence-electron chi connectivity index (χ1n) is 5.80. The molecule has 21 heavy (non-hydrogen) atoms. The topological polar surface area (TPSA) is 92.4 Å². The van der Waals surface area contributed by atoms with Gasteiger partial charge in [-0.3, -0.25) is 4.72 Å². The van der Waals surface area contributed by atoms with Gasteiger partial charge in [-0.15, -0.1) is 0 Å². The van der Waals surface area contributed by atoms with Gasteiger partial charge in [0.1, 0.15) is 10.7 Å². The zero-order valence-electron chi connectivity index (χ0n) is 10.7. The van der Waals surface area contributed by atoms with Crippen molar-refractivity contribution in [1.82, 2.24) is 0 Å². The van der Waals surface area contributed by atoms with E-state index in [2.05, 4.69) is 20.7 Å². The number of halogens is 2. The largest absolute Gasteiger partial charge is 0.396 e. The van der Waals surface area contributed by atoms with Crippen molar-refractivity contribution in [2.45, 2.75) is 11.5 Å². The molecule has 5 nitrogen and oxygen atoms in total. The summed E-state index contributed by atoms with van der Waals surface area (Å²) in [6.45, 7) is -0.132. The highest BCUT2D eigenvalue weighted by Crippen LogP contribution is 2.28. The first-order valence-corrected chi connectivity index (χ1v) is 8.08. The molecule has 0 unspecified atom stereocenters. The van der Waals surface area contributed by atoms with Crippen molar-refractivity contribution in [2.24, 2.45) is 0 Å². The van der Waals surface area contributed by atoms with Gasteiger partial charge in [0.05, 0.1) is 12.3 Å². The van der Waals surface area contributed by atoms with E-state index in [0.717, 1.165) is 12.1 Å².